The van der Waals surface area contributed by atoms with Crippen molar-refractivity contribution in [2.24, 2.45) is 5.92 Å². The second-order valence-corrected chi connectivity index (χ2v) is 6.25. The number of halogens is 1. The highest BCUT2D eigenvalue weighted by Gasteiger charge is 2.39. The molecule has 1 saturated carbocycles. The number of amides is 2. The van der Waals surface area contributed by atoms with Crippen molar-refractivity contribution in [3.8, 4) is 0 Å². The first kappa shape index (κ1) is 18.7. The van der Waals surface area contributed by atoms with Gasteiger partial charge in [-0.1, -0.05) is 6.07 Å². The number of ether oxygens (including phenoxy) is 1. The van der Waals surface area contributed by atoms with Crippen molar-refractivity contribution in [2.45, 2.75) is 31.3 Å². The van der Waals surface area contributed by atoms with Crippen LogP contribution in [0.3, 0.4) is 0 Å². The molecule has 0 bridgehead atoms. The van der Waals surface area contributed by atoms with E-state index < -0.39 is 5.60 Å². The maximum atomic E-state index is 12.6. The zero-order valence-corrected chi connectivity index (χ0v) is 14.6. The van der Waals surface area contributed by atoms with Crippen LogP contribution in [0.2, 0.25) is 0 Å². The van der Waals surface area contributed by atoms with Crippen molar-refractivity contribution in [1.82, 2.24) is 5.32 Å². The Labute approximate surface area is 148 Å². The number of methoxy groups -OCH3 is 1. The van der Waals surface area contributed by atoms with Gasteiger partial charge in [-0.25, -0.2) is 0 Å². The fourth-order valence-corrected chi connectivity index (χ4v) is 2.86. The predicted molar refractivity (Wildman–Crippen MR) is 95.5 cm³/mol. The van der Waals surface area contributed by atoms with Crippen LogP contribution in [0.25, 0.3) is 0 Å². The molecule has 0 atom stereocenters. The third kappa shape index (κ3) is 4.26. The Hall–Kier alpha value is -1.63. The van der Waals surface area contributed by atoms with Crippen molar-refractivity contribution < 1.29 is 14.3 Å². The Morgan fingerprint density at radius 3 is 2.38 bits per heavy atom. The molecule has 0 aromatic heterocycles. The average Bonchev–Trinajstić information content (AvgIpc) is 3.41. The van der Waals surface area contributed by atoms with Crippen molar-refractivity contribution in [3.05, 3.63) is 24.3 Å². The maximum absolute atomic E-state index is 12.6. The normalized spacial score (nSPS) is 19.0. The summed E-state index contributed by atoms with van der Waals surface area (Å²) in [5.74, 6) is 0.0760. The van der Waals surface area contributed by atoms with Crippen LogP contribution < -0.4 is 16.0 Å². The average molecular weight is 354 g/mol. The molecule has 1 aromatic rings. The number of benzene rings is 1. The van der Waals surface area contributed by atoms with Crippen LogP contribution in [0.4, 0.5) is 11.4 Å². The Morgan fingerprint density at radius 1 is 1.17 bits per heavy atom. The summed E-state index contributed by atoms with van der Waals surface area (Å²) in [6.07, 6.45) is 3.22. The van der Waals surface area contributed by atoms with E-state index in [0.29, 0.717) is 24.2 Å². The van der Waals surface area contributed by atoms with Crippen molar-refractivity contribution in [3.63, 3.8) is 0 Å². The van der Waals surface area contributed by atoms with Crippen LogP contribution in [-0.2, 0) is 14.3 Å². The van der Waals surface area contributed by atoms with Gasteiger partial charge in [-0.3, -0.25) is 9.59 Å². The van der Waals surface area contributed by atoms with Crippen LogP contribution >= 0.6 is 12.4 Å². The summed E-state index contributed by atoms with van der Waals surface area (Å²) in [4.78, 5) is 24.4. The summed E-state index contributed by atoms with van der Waals surface area (Å²) in [5.41, 5.74) is 0.591. The van der Waals surface area contributed by atoms with Gasteiger partial charge in [-0.2, -0.15) is 0 Å². The second-order valence-electron chi connectivity index (χ2n) is 6.25. The molecule has 132 valence electrons. The highest BCUT2D eigenvalue weighted by molar-refractivity contribution is 5.99. The number of anilines is 2. The van der Waals surface area contributed by atoms with Crippen LogP contribution in [0.5, 0.6) is 0 Å². The minimum Gasteiger partial charge on any atom is -0.368 e. The molecule has 0 unspecified atom stereocenters. The molecule has 1 saturated heterocycles. The van der Waals surface area contributed by atoms with Gasteiger partial charge in [0.1, 0.15) is 5.60 Å². The summed E-state index contributed by atoms with van der Waals surface area (Å²) in [5, 5.41) is 9.04. The number of carbonyl (C=O) groups excluding carboxylic acids is 2. The first-order valence-electron chi connectivity index (χ1n) is 8.11. The van der Waals surface area contributed by atoms with Gasteiger partial charge in [0.25, 0.3) is 5.91 Å². The second kappa shape index (κ2) is 7.96. The molecule has 0 spiro atoms. The van der Waals surface area contributed by atoms with Crippen molar-refractivity contribution in [1.29, 1.82) is 0 Å². The van der Waals surface area contributed by atoms with E-state index in [9.17, 15) is 9.59 Å². The molecule has 0 radical (unpaired) electrons. The predicted octanol–water partition coefficient (Wildman–Crippen LogP) is 2.16. The largest absolute Gasteiger partial charge is 0.368 e. The van der Waals surface area contributed by atoms with Gasteiger partial charge in [0, 0.05) is 24.4 Å². The Balaban J connectivity index is 0.00000208. The lowest BCUT2D eigenvalue weighted by Crippen LogP contribution is -2.51. The molecule has 2 fully saturated rings. The zero-order chi connectivity index (χ0) is 16.3. The molecular weight excluding hydrogens is 330 g/mol. The van der Waals surface area contributed by atoms with Crippen LogP contribution in [0.15, 0.2) is 24.3 Å². The van der Waals surface area contributed by atoms with E-state index in [-0.39, 0.29) is 30.1 Å². The summed E-state index contributed by atoms with van der Waals surface area (Å²) in [6.45, 7) is 1.53. The van der Waals surface area contributed by atoms with Crippen molar-refractivity contribution in [2.75, 3.05) is 30.8 Å². The highest BCUT2D eigenvalue weighted by atomic mass is 35.5. The molecular formula is C17H24ClN3O3. The molecule has 7 heteroatoms. The molecule has 1 aliphatic heterocycles. The highest BCUT2D eigenvalue weighted by Crippen LogP contribution is 2.30. The van der Waals surface area contributed by atoms with E-state index in [0.717, 1.165) is 25.9 Å². The molecule has 3 N–H and O–H groups in total. The summed E-state index contributed by atoms with van der Waals surface area (Å²) in [6, 6.07) is 7.24. The Kier molecular flexibility index (Phi) is 6.21. The minimum absolute atomic E-state index is 0. The van der Waals surface area contributed by atoms with Gasteiger partial charge in [0.05, 0.1) is 0 Å². The lowest BCUT2D eigenvalue weighted by atomic mass is 9.91. The number of nitrogens with one attached hydrogen (secondary N) is 3. The monoisotopic (exact) mass is 353 g/mol. The van der Waals surface area contributed by atoms with Gasteiger partial charge in [-0.05, 0) is 57.0 Å². The molecule has 2 aliphatic rings. The molecule has 6 nitrogen and oxygen atoms in total. The molecule has 2 amide bonds. The number of carbonyl (C=O) groups is 2. The van der Waals surface area contributed by atoms with E-state index in [2.05, 4.69) is 16.0 Å². The van der Waals surface area contributed by atoms with E-state index >= 15 is 0 Å². The van der Waals surface area contributed by atoms with Crippen LogP contribution in [0, 0.1) is 5.92 Å². The lowest BCUT2D eigenvalue weighted by Gasteiger charge is -2.34. The standard InChI is InChI=1S/C17H23N3O3.ClH/c1-23-17(7-9-18-10-8-17)16(22)20-14-4-2-3-13(11-14)19-15(21)12-5-6-12;/h2-4,11-12,18H,5-10H2,1H3,(H,19,21)(H,20,22);1H. The topological polar surface area (TPSA) is 79.5 Å². The molecule has 3 rings (SSSR count). The van der Waals surface area contributed by atoms with E-state index in [1.807, 2.05) is 18.2 Å². The smallest absolute Gasteiger partial charge is 0.256 e. The van der Waals surface area contributed by atoms with Gasteiger partial charge in [-0.15, -0.1) is 12.4 Å². The molecule has 24 heavy (non-hydrogen) atoms. The fraction of sp³-hybridized carbons (Fsp3) is 0.529. The molecule has 1 aliphatic carbocycles. The summed E-state index contributed by atoms with van der Waals surface area (Å²) < 4.78 is 5.53. The number of hydrogen-bond acceptors (Lipinski definition) is 4. The number of piperidine rings is 1. The lowest BCUT2D eigenvalue weighted by molar-refractivity contribution is -0.140. The minimum atomic E-state index is -0.779. The Morgan fingerprint density at radius 2 is 1.79 bits per heavy atom. The third-order valence-electron chi connectivity index (χ3n) is 4.55. The van der Waals surface area contributed by atoms with Gasteiger partial charge in [0.15, 0.2) is 0 Å². The van der Waals surface area contributed by atoms with Gasteiger partial charge in [0.2, 0.25) is 5.91 Å². The summed E-state index contributed by atoms with van der Waals surface area (Å²) in [7, 11) is 1.58. The SMILES string of the molecule is COC1(C(=O)Nc2cccc(NC(=O)C3CC3)c2)CCNCC1.Cl. The Bertz CT molecular complexity index is 598. The number of rotatable bonds is 5. The van der Waals surface area contributed by atoms with E-state index in [1.165, 1.54) is 0 Å². The van der Waals surface area contributed by atoms with Gasteiger partial charge < -0.3 is 20.7 Å². The van der Waals surface area contributed by atoms with E-state index in [1.54, 1.807) is 13.2 Å². The maximum Gasteiger partial charge on any atom is 0.256 e. The molecule has 1 aromatic carbocycles. The first-order valence-corrected chi connectivity index (χ1v) is 8.11. The van der Waals surface area contributed by atoms with Crippen molar-refractivity contribution >= 4 is 35.6 Å². The van der Waals surface area contributed by atoms with Crippen LogP contribution in [0.1, 0.15) is 25.7 Å². The summed E-state index contributed by atoms with van der Waals surface area (Å²) >= 11 is 0. The quantitative estimate of drug-likeness (QED) is 0.758. The first-order chi connectivity index (χ1) is 11.1. The fourth-order valence-electron chi connectivity index (χ4n) is 2.86. The number of hydrogen-bond donors (Lipinski definition) is 3. The van der Waals surface area contributed by atoms with E-state index in [4.69, 9.17) is 4.74 Å². The van der Waals surface area contributed by atoms with Crippen LogP contribution in [-0.4, -0.2) is 37.6 Å². The zero-order valence-electron chi connectivity index (χ0n) is 13.8. The molecule has 1 heterocycles. The van der Waals surface area contributed by atoms with Gasteiger partial charge >= 0.3 is 0 Å². The third-order valence-corrected chi connectivity index (χ3v) is 4.55.